The maximum atomic E-state index is 12.9. The van der Waals surface area contributed by atoms with Gasteiger partial charge in [0.15, 0.2) is 0 Å². The van der Waals surface area contributed by atoms with Gasteiger partial charge in [0.2, 0.25) is 0 Å². The second-order valence-electron chi connectivity index (χ2n) is 10.1. The maximum Gasteiger partial charge on any atom is 0.416 e. The van der Waals surface area contributed by atoms with E-state index in [0.717, 1.165) is 53.9 Å². The van der Waals surface area contributed by atoms with Gasteiger partial charge in [-0.05, 0) is 66.3 Å². The van der Waals surface area contributed by atoms with Crippen LogP contribution in [0.3, 0.4) is 0 Å². The van der Waals surface area contributed by atoms with E-state index in [1.165, 1.54) is 37.8 Å². The zero-order valence-electron chi connectivity index (χ0n) is 22.9. The molecular formula is C32H38F3NO4. The number of ether oxygens (including phenoxy) is 1. The number of carboxylic acid groups (broad SMARTS) is 1. The Morgan fingerprint density at radius 1 is 0.925 bits per heavy atom. The average molecular weight is 558 g/mol. The van der Waals surface area contributed by atoms with Crippen LogP contribution >= 0.6 is 0 Å². The largest absolute Gasteiger partial charge is 0.490 e. The van der Waals surface area contributed by atoms with Gasteiger partial charge in [0.25, 0.3) is 5.91 Å². The van der Waals surface area contributed by atoms with E-state index in [4.69, 9.17) is 9.84 Å². The molecule has 1 unspecified atom stereocenters. The fourth-order valence-electron chi connectivity index (χ4n) is 4.65. The Bertz CT molecular complexity index is 1170. The minimum absolute atomic E-state index is 0.0653. The third-order valence-electron chi connectivity index (χ3n) is 6.98. The normalized spacial score (nSPS) is 14.2. The summed E-state index contributed by atoms with van der Waals surface area (Å²) in [6.07, 6.45) is 8.19. The molecule has 8 heteroatoms. The summed E-state index contributed by atoms with van der Waals surface area (Å²) in [7, 11) is 0. The second kappa shape index (κ2) is 15.3. The molecule has 0 fully saturated rings. The van der Waals surface area contributed by atoms with Crippen molar-refractivity contribution < 1.29 is 32.6 Å². The first kappa shape index (κ1) is 31.0. The van der Waals surface area contributed by atoms with Crippen molar-refractivity contribution in [1.82, 2.24) is 5.32 Å². The van der Waals surface area contributed by atoms with Crippen LogP contribution in [0, 0.1) is 0 Å². The van der Waals surface area contributed by atoms with Gasteiger partial charge in [-0.25, -0.2) is 0 Å². The molecule has 0 saturated carbocycles. The minimum Gasteiger partial charge on any atom is -0.490 e. The molecule has 0 aromatic heterocycles. The van der Waals surface area contributed by atoms with Crippen molar-refractivity contribution in [3.63, 3.8) is 0 Å². The SMILES string of the molecule is CCCCCCCCC(OC1=CC=C(c2ccc(C(F)(F)F)cc2)CC1)c1ccc(C(=O)NCCC(=O)O)cc1. The third-order valence-corrected chi connectivity index (χ3v) is 6.98. The van der Waals surface area contributed by atoms with Crippen molar-refractivity contribution in [2.75, 3.05) is 6.54 Å². The topological polar surface area (TPSA) is 75.6 Å². The van der Waals surface area contributed by atoms with E-state index in [-0.39, 0.29) is 25.0 Å². The molecule has 216 valence electrons. The van der Waals surface area contributed by atoms with E-state index < -0.39 is 17.7 Å². The van der Waals surface area contributed by atoms with Crippen molar-refractivity contribution in [2.45, 2.75) is 83.4 Å². The molecule has 2 N–H and O–H groups in total. The number of hydrogen-bond acceptors (Lipinski definition) is 3. The molecule has 5 nitrogen and oxygen atoms in total. The number of hydrogen-bond donors (Lipinski definition) is 2. The maximum absolute atomic E-state index is 12.9. The molecule has 0 saturated heterocycles. The smallest absolute Gasteiger partial charge is 0.416 e. The van der Waals surface area contributed by atoms with Crippen LogP contribution < -0.4 is 5.32 Å². The summed E-state index contributed by atoms with van der Waals surface area (Å²) in [5.74, 6) is -0.470. The number of amides is 1. The zero-order valence-corrected chi connectivity index (χ0v) is 22.9. The molecule has 0 spiro atoms. The number of carboxylic acids is 1. The van der Waals surface area contributed by atoms with Gasteiger partial charge in [-0.1, -0.05) is 69.4 Å². The van der Waals surface area contributed by atoms with Crippen LogP contribution in [0.5, 0.6) is 0 Å². The van der Waals surface area contributed by atoms with Gasteiger partial charge in [0.05, 0.1) is 17.7 Å². The molecule has 2 aromatic rings. The number of allylic oxidation sites excluding steroid dienone is 4. The lowest BCUT2D eigenvalue weighted by Crippen LogP contribution is -2.25. The standard InChI is InChI=1S/C32H38F3NO4/c1-2-3-4-5-6-7-8-29(25-9-11-26(12-10-25)31(39)36-22-21-30(37)38)40-28-19-15-24(16-20-28)23-13-17-27(18-14-23)32(33,34)35/h9-15,17-19,29H,2-8,16,20-22H2,1H3,(H,36,39)(H,37,38). The highest BCUT2D eigenvalue weighted by Crippen LogP contribution is 2.35. The first-order valence-electron chi connectivity index (χ1n) is 14.0. The lowest BCUT2D eigenvalue weighted by atomic mass is 9.95. The molecule has 0 heterocycles. The van der Waals surface area contributed by atoms with E-state index in [2.05, 4.69) is 12.2 Å². The van der Waals surface area contributed by atoms with Crippen LogP contribution in [-0.2, 0) is 15.7 Å². The Morgan fingerprint density at radius 2 is 1.60 bits per heavy atom. The van der Waals surface area contributed by atoms with E-state index in [1.54, 1.807) is 12.1 Å². The summed E-state index contributed by atoms with van der Waals surface area (Å²) < 4.78 is 45.1. The van der Waals surface area contributed by atoms with Crippen LogP contribution in [0.1, 0.15) is 104 Å². The van der Waals surface area contributed by atoms with Crippen LogP contribution in [-0.4, -0.2) is 23.5 Å². The van der Waals surface area contributed by atoms with Gasteiger partial charge in [-0.15, -0.1) is 0 Å². The fourth-order valence-corrected chi connectivity index (χ4v) is 4.65. The molecule has 3 rings (SSSR count). The Labute approximate surface area is 234 Å². The summed E-state index contributed by atoms with van der Waals surface area (Å²) in [6, 6.07) is 12.4. The molecule has 0 radical (unpaired) electrons. The summed E-state index contributed by atoms with van der Waals surface area (Å²) >= 11 is 0. The van der Waals surface area contributed by atoms with E-state index >= 15 is 0 Å². The van der Waals surface area contributed by atoms with Crippen LogP contribution in [0.15, 0.2) is 66.4 Å². The average Bonchev–Trinajstić information content (AvgIpc) is 2.94. The van der Waals surface area contributed by atoms with Gasteiger partial charge in [0, 0.05) is 18.5 Å². The minimum atomic E-state index is -4.35. The highest BCUT2D eigenvalue weighted by Gasteiger charge is 2.30. The molecule has 1 aliphatic carbocycles. The summed E-state index contributed by atoms with van der Waals surface area (Å²) in [5, 5.41) is 11.4. The van der Waals surface area contributed by atoms with E-state index in [0.29, 0.717) is 18.4 Å². The predicted octanol–water partition coefficient (Wildman–Crippen LogP) is 8.48. The van der Waals surface area contributed by atoms with Crippen LogP contribution in [0.25, 0.3) is 5.57 Å². The summed E-state index contributed by atoms with van der Waals surface area (Å²) in [5.41, 5.74) is 2.48. The Balaban J connectivity index is 1.67. The fraction of sp³-hybridized carbons (Fsp3) is 0.438. The highest BCUT2D eigenvalue weighted by atomic mass is 19.4. The summed E-state index contributed by atoms with van der Waals surface area (Å²) in [4.78, 5) is 23.0. The lowest BCUT2D eigenvalue weighted by Gasteiger charge is -2.24. The number of carbonyl (C=O) groups excluding carboxylic acids is 1. The van der Waals surface area contributed by atoms with Gasteiger partial charge >= 0.3 is 12.1 Å². The van der Waals surface area contributed by atoms with Crippen molar-refractivity contribution in [3.8, 4) is 0 Å². The second-order valence-corrected chi connectivity index (χ2v) is 10.1. The molecule has 2 aromatic carbocycles. The molecular weight excluding hydrogens is 519 g/mol. The van der Waals surface area contributed by atoms with E-state index in [9.17, 15) is 22.8 Å². The number of benzene rings is 2. The lowest BCUT2D eigenvalue weighted by molar-refractivity contribution is -0.138. The Morgan fingerprint density at radius 3 is 2.20 bits per heavy atom. The van der Waals surface area contributed by atoms with Crippen molar-refractivity contribution in [3.05, 3.63) is 88.7 Å². The van der Waals surface area contributed by atoms with Gasteiger partial charge < -0.3 is 15.2 Å². The highest BCUT2D eigenvalue weighted by molar-refractivity contribution is 5.94. The van der Waals surface area contributed by atoms with Crippen molar-refractivity contribution in [2.24, 2.45) is 0 Å². The number of unbranched alkanes of at least 4 members (excludes halogenated alkanes) is 5. The van der Waals surface area contributed by atoms with Crippen molar-refractivity contribution in [1.29, 1.82) is 0 Å². The molecule has 0 aliphatic heterocycles. The Hall–Kier alpha value is -3.55. The van der Waals surface area contributed by atoms with Gasteiger partial charge in [0.1, 0.15) is 6.10 Å². The van der Waals surface area contributed by atoms with Gasteiger partial charge in [-0.3, -0.25) is 9.59 Å². The number of nitrogens with one attached hydrogen (secondary N) is 1. The van der Waals surface area contributed by atoms with Crippen molar-refractivity contribution >= 4 is 17.4 Å². The first-order chi connectivity index (χ1) is 19.2. The summed E-state index contributed by atoms with van der Waals surface area (Å²) in [6.45, 7) is 2.26. The zero-order chi connectivity index (χ0) is 29.0. The van der Waals surface area contributed by atoms with E-state index in [1.807, 2.05) is 24.3 Å². The molecule has 0 bridgehead atoms. The van der Waals surface area contributed by atoms with Crippen LogP contribution in [0.2, 0.25) is 0 Å². The number of rotatable bonds is 15. The van der Waals surface area contributed by atoms with Crippen LogP contribution in [0.4, 0.5) is 13.2 Å². The quantitative estimate of drug-likeness (QED) is 0.215. The third kappa shape index (κ3) is 9.88. The Kier molecular flexibility index (Phi) is 11.8. The van der Waals surface area contributed by atoms with Gasteiger partial charge in [-0.2, -0.15) is 13.2 Å². The monoisotopic (exact) mass is 557 g/mol. The number of alkyl halides is 3. The number of aliphatic carboxylic acids is 1. The first-order valence-corrected chi connectivity index (χ1v) is 14.0. The molecule has 1 atom stereocenters. The number of carbonyl (C=O) groups is 2. The number of halogens is 3. The molecule has 1 amide bonds. The molecule has 40 heavy (non-hydrogen) atoms. The predicted molar refractivity (Wildman–Crippen MR) is 150 cm³/mol. The molecule has 1 aliphatic rings.